The largest absolute Gasteiger partial charge is 0.391 e. The van der Waals surface area contributed by atoms with Crippen LogP contribution in [0.15, 0.2) is 0 Å². The van der Waals surface area contributed by atoms with Crippen molar-refractivity contribution in [2.24, 2.45) is 0 Å². The van der Waals surface area contributed by atoms with Gasteiger partial charge in [-0.25, -0.2) is 0 Å². The molecule has 0 rings (SSSR count). The summed E-state index contributed by atoms with van der Waals surface area (Å²) in [6.07, 6.45) is 4.46. The van der Waals surface area contributed by atoms with Crippen molar-refractivity contribution >= 4 is 11.6 Å². The van der Waals surface area contributed by atoms with E-state index in [0.29, 0.717) is 5.88 Å². The van der Waals surface area contributed by atoms with E-state index in [1.807, 2.05) is 0 Å². The molecule has 1 atom stereocenters. The maximum absolute atomic E-state index is 9.45. The number of hydrogen-bond acceptors (Lipinski definition) is 2. The van der Waals surface area contributed by atoms with Crippen LogP contribution in [0, 0.1) is 0 Å². The Morgan fingerprint density at radius 3 is 2.00 bits per heavy atom. The molecule has 14 heavy (non-hydrogen) atoms. The fourth-order valence-electron chi connectivity index (χ4n) is 1.40. The van der Waals surface area contributed by atoms with Crippen LogP contribution in [0.5, 0.6) is 0 Å². The summed E-state index contributed by atoms with van der Waals surface area (Å²) >= 11 is 5.59. The molecule has 86 valence electrons. The molecule has 0 aliphatic rings. The van der Waals surface area contributed by atoms with Gasteiger partial charge in [-0.3, -0.25) is 0 Å². The Balaban J connectivity index is 3.71. The van der Waals surface area contributed by atoms with Crippen LogP contribution < -0.4 is 0 Å². The highest BCUT2D eigenvalue weighted by atomic mass is 35.5. The number of rotatable bonds is 9. The van der Waals surface area contributed by atoms with Gasteiger partial charge in [-0.05, 0) is 25.9 Å². The van der Waals surface area contributed by atoms with Crippen LogP contribution >= 0.6 is 11.6 Å². The molecule has 0 aromatic rings. The fourth-order valence-corrected chi connectivity index (χ4v) is 1.50. The second kappa shape index (κ2) is 9.75. The second-order valence-corrected chi connectivity index (χ2v) is 4.12. The molecule has 0 aromatic heterocycles. The summed E-state index contributed by atoms with van der Waals surface area (Å²) in [5.74, 6) is 0.342. The first kappa shape index (κ1) is 14.2. The number of alkyl halides is 1. The molecular formula is C11H24ClNO. The number of nitrogens with zero attached hydrogens (tertiary/aromatic N) is 1. The van der Waals surface area contributed by atoms with Crippen molar-refractivity contribution in [1.29, 1.82) is 0 Å². The van der Waals surface area contributed by atoms with Crippen LogP contribution in [-0.2, 0) is 0 Å². The van der Waals surface area contributed by atoms with Crippen LogP contribution in [-0.4, -0.2) is 41.6 Å². The molecule has 2 nitrogen and oxygen atoms in total. The van der Waals surface area contributed by atoms with E-state index in [2.05, 4.69) is 18.7 Å². The van der Waals surface area contributed by atoms with Crippen LogP contribution in [0.1, 0.15) is 39.5 Å². The Morgan fingerprint density at radius 2 is 1.64 bits per heavy atom. The lowest BCUT2D eigenvalue weighted by Crippen LogP contribution is -2.34. The SMILES string of the molecule is CCCCN(CCCC)CC(O)CCl. The first-order chi connectivity index (χ1) is 6.74. The van der Waals surface area contributed by atoms with Crippen molar-refractivity contribution in [3.63, 3.8) is 0 Å². The minimum absolute atomic E-state index is 0.342. The van der Waals surface area contributed by atoms with Crippen LogP contribution in [0.2, 0.25) is 0 Å². The molecule has 0 amide bonds. The highest BCUT2D eigenvalue weighted by molar-refractivity contribution is 6.18. The second-order valence-electron chi connectivity index (χ2n) is 3.82. The van der Waals surface area contributed by atoms with E-state index >= 15 is 0 Å². The summed E-state index contributed by atoms with van der Waals surface area (Å²) in [6.45, 7) is 7.28. The topological polar surface area (TPSA) is 23.5 Å². The van der Waals surface area contributed by atoms with E-state index in [4.69, 9.17) is 11.6 Å². The van der Waals surface area contributed by atoms with Gasteiger partial charge in [0.2, 0.25) is 0 Å². The van der Waals surface area contributed by atoms with E-state index in [1.165, 1.54) is 25.7 Å². The number of unbranched alkanes of at least 4 members (excludes halogenated alkanes) is 2. The monoisotopic (exact) mass is 221 g/mol. The van der Waals surface area contributed by atoms with Crippen LogP contribution in [0.4, 0.5) is 0 Å². The average molecular weight is 222 g/mol. The minimum atomic E-state index is -0.370. The highest BCUT2D eigenvalue weighted by Crippen LogP contribution is 2.01. The Bertz CT molecular complexity index is 114. The summed E-state index contributed by atoms with van der Waals surface area (Å²) in [7, 11) is 0. The lowest BCUT2D eigenvalue weighted by atomic mass is 10.2. The van der Waals surface area contributed by atoms with Crippen molar-refractivity contribution in [2.45, 2.75) is 45.6 Å². The van der Waals surface area contributed by atoms with Gasteiger partial charge in [-0.1, -0.05) is 26.7 Å². The van der Waals surface area contributed by atoms with E-state index < -0.39 is 0 Å². The van der Waals surface area contributed by atoms with Crippen molar-refractivity contribution in [1.82, 2.24) is 4.90 Å². The summed E-state index contributed by atoms with van der Waals surface area (Å²) in [6, 6.07) is 0. The van der Waals surface area contributed by atoms with E-state index in [1.54, 1.807) is 0 Å². The van der Waals surface area contributed by atoms with Gasteiger partial charge in [-0.2, -0.15) is 0 Å². The Labute approximate surface area is 93.2 Å². The molecule has 0 heterocycles. The Kier molecular flexibility index (Phi) is 9.90. The number of aliphatic hydroxyl groups excluding tert-OH is 1. The first-order valence-corrected chi connectivity index (χ1v) is 6.24. The smallest absolute Gasteiger partial charge is 0.0802 e. The normalized spacial score (nSPS) is 13.5. The van der Waals surface area contributed by atoms with Gasteiger partial charge < -0.3 is 10.0 Å². The van der Waals surface area contributed by atoms with Crippen LogP contribution in [0.25, 0.3) is 0 Å². The molecule has 0 spiro atoms. The Hall–Kier alpha value is 0.210. The Morgan fingerprint density at radius 1 is 1.14 bits per heavy atom. The molecule has 0 saturated carbocycles. The first-order valence-electron chi connectivity index (χ1n) is 5.70. The zero-order valence-electron chi connectivity index (χ0n) is 9.51. The lowest BCUT2D eigenvalue weighted by molar-refractivity contribution is 0.127. The fraction of sp³-hybridized carbons (Fsp3) is 1.00. The van der Waals surface area contributed by atoms with Crippen molar-refractivity contribution in [3.8, 4) is 0 Å². The van der Waals surface area contributed by atoms with E-state index in [-0.39, 0.29) is 6.10 Å². The quantitative estimate of drug-likeness (QED) is 0.605. The zero-order chi connectivity index (χ0) is 10.8. The minimum Gasteiger partial charge on any atom is -0.391 e. The maximum Gasteiger partial charge on any atom is 0.0802 e. The third kappa shape index (κ3) is 7.60. The van der Waals surface area contributed by atoms with Gasteiger partial charge in [0.15, 0.2) is 0 Å². The summed E-state index contributed by atoms with van der Waals surface area (Å²) in [5.41, 5.74) is 0. The van der Waals surface area contributed by atoms with Gasteiger partial charge in [0.05, 0.1) is 6.10 Å². The van der Waals surface area contributed by atoms with Crippen molar-refractivity contribution in [2.75, 3.05) is 25.5 Å². The van der Waals surface area contributed by atoms with E-state index in [9.17, 15) is 5.11 Å². The van der Waals surface area contributed by atoms with Gasteiger partial charge in [-0.15, -0.1) is 11.6 Å². The molecular weight excluding hydrogens is 198 g/mol. The molecule has 1 N–H and O–H groups in total. The number of aliphatic hydroxyl groups is 1. The molecule has 1 unspecified atom stereocenters. The lowest BCUT2D eigenvalue weighted by Gasteiger charge is -2.23. The van der Waals surface area contributed by atoms with Gasteiger partial charge >= 0.3 is 0 Å². The maximum atomic E-state index is 9.45. The van der Waals surface area contributed by atoms with Gasteiger partial charge in [0.25, 0.3) is 0 Å². The predicted octanol–water partition coefficient (Wildman–Crippen LogP) is 2.49. The molecule has 0 aromatic carbocycles. The average Bonchev–Trinajstić information content (AvgIpc) is 2.21. The molecule has 0 aliphatic heterocycles. The molecule has 0 aliphatic carbocycles. The zero-order valence-corrected chi connectivity index (χ0v) is 10.3. The standard InChI is InChI=1S/C11H24ClNO/c1-3-5-7-13(8-6-4-2)10-11(14)9-12/h11,14H,3-10H2,1-2H3. The van der Waals surface area contributed by atoms with Crippen molar-refractivity contribution < 1.29 is 5.11 Å². The number of halogens is 1. The molecule has 0 saturated heterocycles. The van der Waals surface area contributed by atoms with E-state index in [0.717, 1.165) is 19.6 Å². The predicted molar refractivity (Wildman–Crippen MR) is 63.0 cm³/mol. The summed E-state index contributed by atoms with van der Waals surface area (Å²) in [5, 5.41) is 9.45. The molecule has 3 heteroatoms. The van der Waals surface area contributed by atoms with Crippen LogP contribution in [0.3, 0.4) is 0 Å². The summed E-state index contributed by atoms with van der Waals surface area (Å²) in [4.78, 5) is 2.32. The van der Waals surface area contributed by atoms with Gasteiger partial charge in [0, 0.05) is 12.4 Å². The molecule has 0 radical (unpaired) electrons. The molecule has 0 bridgehead atoms. The molecule has 0 fully saturated rings. The highest BCUT2D eigenvalue weighted by Gasteiger charge is 2.09. The third-order valence-corrected chi connectivity index (χ3v) is 2.66. The van der Waals surface area contributed by atoms with Gasteiger partial charge in [0.1, 0.15) is 0 Å². The summed E-state index contributed by atoms with van der Waals surface area (Å²) < 4.78 is 0. The number of hydrogen-bond donors (Lipinski definition) is 1. The van der Waals surface area contributed by atoms with Crippen molar-refractivity contribution in [3.05, 3.63) is 0 Å². The third-order valence-electron chi connectivity index (χ3n) is 2.30.